The van der Waals surface area contributed by atoms with E-state index in [1.807, 2.05) is 0 Å². The van der Waals surface area contributed by atoms with Gasteiger partial charge in [-0.3, -0.25) is 4.79 Å². The maximum Gasteiger partial charge on any atom is 0.276 e. The third-order valence-corrected chi connectivity index (χ3v) is 5.45. The van der Waals surface area contributed by atoms with Crippen LogP contribution in [0.4, 0.5) is 5.69 Å². The second-order valence-electron chi connectivity index (χ2n) is 6.09. The molecule has 0 aliphatic heterocycles. The smallest absolute Gasteiger partial charge is 0.276 e. The van der Waals surface area contributed by atoms with Gasteiger partial charge in [-0.15, -0.1) is 0 Å². The Labute approximate surface area is 157 Å². The summed E-state index contributed by atoms with van der Waals surface area (Å²) in [5, 5.41) is 7.26. The largest absolute Gasteiger partial charge is 0.326 e. The van der Waals surface area contributed by atoms with Gasteiger partial charge in [0.25, 0.3) is 10.0 Å². The van der Waals surface area contributed by atoms with Gasteiger partial charge in [0.2, 0.25) is 5.91 Å². The molecule has 6 nitrogen and oxygen atoms in total. The van der Waals surface area contributed by atoms with Crippen molar-refractivity contribution in [3.63, 3.8) is 0 Å². The van der Waals surface area contributed by atoms with E-state index in [2.05, 4.69) is 15.2 Å². The van der Waals surface area contributed by atoms with Gasteiger partial charge in [0, 0.05) is 16.6 Å². The van der Waals surface area contributed by atoms with E-state index in [0.29, 0.717) is 16.4 Å². The Balaban J connectivity index is 1.66. The number of hydrogen-bond donors (Lipinski definition) is 2. The molecule has 0 unspecified atom stereocenters. The van der Waals surface area contributed by atoms with E-state index in [9.17, 15) is 13.2 Å². The topological polar surface area (TPSA) is 87.6 Å². The van der Waals surface area contributed by atoms with Crippen molar-refractivity contribution in [2.75, 3.05) is 5.32 Å². The molecule has 2 aromatic rings. The van der Waals surface area contributed by atoms with Gasteiger partial charge in [-0.25, -0.2) is 0 Å². The standard InChI is InChI=1S/C18H18ClN3O3S/c1-12(21-22-26(24,25)17-10-6-15(19)7-11-17)13-4-8-16(9-5-13)20-18(23)14-2-3-14/h4-11,14,22H,2-3H2,1H3,(H,20,23)/b21-12+. The molecular weight excluding hydrogens is 374 g/mol. The molecule has 0 atom stereocenters. The van der Waals surface area contributed by atoms with Crippen LogP contribution < -0.4 is 10.1 Å². The Bertz CT molecular complexity index is 935. The van der Waals surface area contributed by atoms with Crippen LogP contribution in [0.2, 0.25) is 5.02 Å². The van der Waals surface area contributed by atoms with E-state index in [0.717, 1.165) is 18.4 Å². The van der Waals surface area contributed by atoms with Crippen LogP contribution >= 0.6 is 11.6 Å². The predicted octanol–water partition coefficient (Wildman–Crippen LogP) is 3.39. The Morgan fingerprint density at radius 2 is 1.69 bits per heavy atom. The molecule has 1 saturated carbocycles. The zero-order valence-corrected chi connectivity index (χ0v) is 15.6. The van der Waals surface area contributed by atoms with E-state index in [1.54, 1.807) is 31.2 Å². The highest BCUT2D eigenvalue weighted by Crippen LogP contribution is 2.30. The number of amides is 1. The first kappa shape index (κ1) is 18.4. The molecule has 26 heavy (non-hydrogen) atoms. The summed E-state index contributed by atoms with van der Waals surface area (Å²) in [5.74, 6) is 0.180. The number of hydrogen-bond acceptors (Lipinski definition) is 4. The Morgan fingerprint density at radius 3 is 2.27 bits per heavy atom. The van der Waals surface area contributed by atoms with Gasteiger partial charge in [0.05, 0.1) is 10.6 Å². The number of nitrogens with zero attached hydrogens (tertiary/aromatic N) is 1. The third-order valence-electron chi connectivity index (χ3n) is 3.98. The zero-order valence-electron chi connectivity index (χ0n) is 14.1. The second kappa shape index (κ2) is 7.47. The van der Waals surface area contributed by atoms with E-state index in [1.165, 1.54) is 24.3 Å². The molecule has 2 N–H and O–H groups in total. The molecule has 1 amide bonds. The second-order valence-corrected chi connectivity index (χ2v) is 8.18. The molecule has 8 heteroatoms. The summed E-state index contributed by atoms with van der Waals surface area (Å²) in [5.41, 5.74) is 1.95. The van der Waals surface area contributed by atoms with Gasteiger partial charge in [0.15, 0.2) is 0 Å². The average Bonchev–Trinajstić information content (AvgIpc) is 3.46. The maximum atomic E-state index is 12.2. The van der Waals surface area contributed by atoms with Crippen molar-refractivity contribution in [1.82, 2.24) is 4.83 Å². The number of sulfonamides is 1. The molecule has 0 spiro atoms. The van der Waals surface area contributed by atoms with Gasteiger partial charge in [-0.2, -0.15) is 18.4 Å². The van der Waals surface area contributed by atoms with Crippen LogP contribution in [0, 0.1) is 5.92 Å². The molecule has 0 saturated heterocycles. The lowest BCUT2D eigenvalue weighted by Gasteiger charge is -2.07. The molecule has 0 aromatic heterocycles. The third kappa shape index (κ3) is 4.62. The lowest BCUT2D eigenvalue weighted by molar-refractivity contribution is -0.117. The number of anilines is 1. The molecule has 136 valence electrons. The molecule has 1 fully saturated rings. The van der Waals surface area contributed by atoms with Gasteiger partial charge in [-0.1, -0.05) is 23.7 Å². The fourth-order valence-electron chi connectivity index (χ4n) is 2.24. The first-order chi connectivity index (χ1) is 12.3. The van der Waals surface area contributed by atoms with Crippen molar-refractivity contribution in [3.8, 4) is 0 Å². The molecule has 1 aliphatic carbocycles. The lowest BCUT2D eigenvalue weighted by atomic mass is 10.1. The minimum absolute atomic E-state index is 0.0406. The van der Waals surface area contributed by atoms with Gasteiger partial charge < -0.3 is 5.32 Å². The first-order valence-electron chi connectivity index (χ1n) is 8.08. The normalized spacial score (nSPS) is 14.8. The average molecular weight is 392 g/mol. The van der Waals surface area contributed by atoms with Crippen LogP contribution in [0.25, 0.3) is 0 Å². The summed E-state index contributed by atoms with van der Waals surface area (Å²) < 4.78 is 24.4. The highest BCUT2D eigenvalue weighted by atomic mass is 35.5. The molecule has 0 heterocycles. The van der Waals surface area contributed by atoms with Gasteiger partial charge in [0.1, 0.15) is 0 Å². The monoisotopic (exact) mass is 391 g/mol. The summed E-state index contributed by atoms with van der Waals surface area (Å²) >= 11 is 5.77. The maximum absolute atomic E-state index is 12.2. The molecular formula is C18H18ClN3O3S. The van der Waals surface area contributed by atoms with Crippen molar-refractivity contribution in [1.29, 1.82) is 0 Å². The number of hydrazone groups is 1. The van der Waals surface area contributed by atoms with Gasteiger partial charge in [-0.05, 0) is 61.7 Å². The first-order valence-corrected chi connectivity index (χ1v) is 9.94. The van der Waals surface area contributed by atoms with Crippen LogP contribution in [0.1, 0.15) is 25.3 Å². The minimum Gasteiger partial charge on any atom is -0.326 e. The van der Waals surface area contributed by atoms with Crippen LogP contribution in [0.15, 0.2) is 58.5 Å². The van der Waals surface area contributed by atoms with Crippen molar-refractivity contribution in [2.24, 2.45) is 11.0 Å². The Hall–Kier alpha value is -2.38. The summed E-state index contributed by atoms with van der Waals surface area (Å²) in [6.07, 6.45) is 1.90. The van der Waals surface area contributed by atoms with Crippen LogP contribution in [-0.2, 0) is 14.8 Å². The molecule has 0 radical (unpaired) electrons. The Morgan fingerprint density at radius 1 is 1.08 bits per heavy atom. The van der Waals surface area contributed by atoms with E-state index >= 15 is 0 Å². The van der Waals surface area contributed by atoms with Crippen molar-refractivity contribution >= 4 is 38.9 Å². The lowest BCUT2D eigenvalue weighted by Crippen LogP contribution is -2.20. The predicted molar refractivity (Wildman–Crippen MR) is 102 cm³/mol. The number of rotatable bonds is 6. The van der Waals surface area contributed by atoms with Crippen molar-refractivity contribution < 1.29 is 13.2 Å². The number of benzene rings is 2. The highest BCUT2D eigenvalue weighted by Gasteiger charge is 2.29. The number of carbonyl (C=O) groups is 1. The molecule has 3 rings (SSSR count). The van der Waals surface area contributed by atoms with Crippen molar-refractivity contribution in [3.05, 3.63) is 59.1 Å². The number of nitrogens with one attached hydrogen (secondary N) is 2. The molecule has 2 aromatic carbocycles. The summed E-state index contributed by atoms with van der Waals surface area (Å²) in [6, 6.07) is 12.9. The van der Waals surface area contributed by atoms with E-state index in [4.69, 9.17) is 11.6 Å². The van der Waals surface area contributed by atoms with Gasteiger partial charge >= 0.3 is 0 Å². The summed E-state index contributed by atoms with van der Waals surface area (Å²) in [4.78, 5) is 14.0. The number of carbonyl (C=O) groups excluding carboxylic acids is 1. The summed E-state index contributed by atoms with van der Waals surface area (Å²) in [6.45, 7) is 1.70. The van der Waals surface area contributed by atoms with E-state index < -0.39 is 10.0 Å². The molecule has 0 bridgehead atoms. The number of halogens is 1. The van der Waals surface area contributed by atoms with Crippen LogP contribution in [0.5, 0.6) is 0 Å². The minimum atomic E-state index is -3.76. The summed E-state index contributed by atoms with van der Waals surface area (Å²) in [7, 11) is -3.76. The fourth-order valence-corrected chi connectivity index (χ4v) is 3.23. The quantitative estimate of drug-likeness (QED) is 0.584. The SMILES string of the molecule is C/C(=N\NS(=O)(=O)c1ccc(Cl)cc1)c1ccc(NC(=O)C2CC2)cc1. The Kier molecular flexibility index (Phi) is 5.29. The van der Waals surface area contributed by atoms with Crippen molar-refractivity contribution in [2.45, 2.75) is 24.7 Å². The molecule has 1 aliphatic rings. The highest BCUT2D eigenvalue weighted by molar-refractivity contribution is 7.89. The van der Waals surface area contributed by atoms with Crippen LogP contribution in [-0.4, -0.2) is 20.0 Å². The zero-order chi connectivity index (χ0) is 18.7. The van der Waals surface area contributed by atoms with Crippen LogP contribution in [0.3, 0.4) is 0 Å². The fraction of sp³-hybridized carbons (Fsp3) is 0.222. The van der Waals surface area contributed by atoms with E-state index in [-0.39, 0.29) is 16.7 Å².